The van der Waals surface area contributed by atoms with E-state index in [2.05, 4.69) is 0 Å². The van der Waals surface area contributed by atoms with Crippen LogP contribution < -0.4 is 5.73 Å². The first kappa shape index (κ1) is 13.2. The van der Waals surface area contributed by atoms with Crippen LogP contribution in [0.25, 0.3) is 0 Å². The summed E-state index contributed by atoms with van der Waals surface area (Å²) >= 11 is 0. The molecule has 1 aromatic carbocycles. The van der Waals surface area contributed by atoms with Crippen molar-refractivity contribution in [1.29, 1.82) is 0 Å². The van der Waals surface area contributed by atoms with Gasteiger partial charge in [-0.15, -0.1) is 0 Å². The van der Waals surface area contributed by atoms with E-state index in [-0.39, 0.29) is 18.8 Å². The van der Waals surface area contributed by atoms with Crippen LogP contribution in [0.1, 0.15) is 12.8 Å². The Morgan fingerprint density at radius 1 is 1.22 bits per heavy atom. The van der Waals surface area contributed by atoms with Crippen LogP contribution >= 0.6 is 0 Å². The van der Waals surface area contributed by atoms with Crippen molar-refractivity contribution in [2.45, 2.75) is 17.7 Å². The van der Waals surface area contributed by atoms with E-state index in [0.29, 0.717) is 17.3 Å². The lowest BCUT2D eigenvalue weighted by Crippen LogP contribution is -2.36. The Hall–Kier alpha value is -1.25. The third-order valence-electron chi connectivity index (χ3n) is 2.52. The zero-order valence-electron chi connectivity index (χ0n) is 9.40. The topological polar surface area (TPSA) is 72.6 Å². The van der Waals surface area contributed by atoms with E-state index in [9.17, 15) is 17.2 Å². The number of nitrogens with zero attached hydrogens (tertiary/aromatic N) is 1. The first-order valence-electron chi connectivity index (χ1n) is 5.33. The smallest absolute Gasteiger partial charge is 0.270 e. The standard InChI is InChI=1S/C10H12F2N2O3S/c11-8-5-7(13)6-9(12)10(8)18(15,16)14-3-1-2-4-17-14/h5-6H,1-4,13H2. The van der Waals surface area contributed by atoms with E-state index in [1.54, 1.807) is 0 Å². The fourth-order valence-electron chi connectivity index (χ4n) is 1.69. The molecule has 100 valence electrons. The zero-order chi connectivity index (χ0) is 13.3. The summed E-state index contributed by atoms with van der Waals surface area (Å²) in [6.45, 7) is 0.281. The number of benzene rings is 1. The van der Waals surface area contributed by atoms with Crippen molar-refractivity contribution in [3.8, 4) is 0 Å². The second kappa shape index (κ2) is 4.79. The van der Waals surface area contributed by atoms with Crippen LogP contribution in [0, 0.1) is 11.6 Å². The van der Waals surface area contributed by atoms with Crippen molar-refractivity contribution in [3.05, 3.63) is 23.8 Å². The van der Waals surface area contributed by atoms with Gasteiger partial charge in [-0.25, -0.2) is 17.2 Å². The number of halogens is 2. The summed E-state index contributed by atoms with van der Waals surface area (Å²) in [4.78, 5) is 3.89. The Kier molecular flexibility index (Phi) is 3.51. The van der Waals surface area contributed by atoms with Gasteiger partial charge in [0.05, 0.1) is 6.61 Å². The minimum atomic E-state index is -4.33. The highest BCUT2D eigenvalue weighted by Gasteiger charge is 2.33. The predicted octanol–water partition coefficient (Wildman–Crippen LogP) is 1.26. The molecule has 2 rings (SSSR count). The van der Waals surface area contributed by atoms with Crippen LogP contribution in [0.15, 0.2) is 17.0 Å². The van der Waals surface area contributed by atoms with E-state index in [1.165, 1.54) is 0 Å². The number of sulfonamides is 1. The molecule has 1 heterocycles. The van der Waals surface area contributed by atoms with Crippen molar-refractivity contribution in [2.24, 2.45) is 0 Å². The van der Waals surface area contributed by atoms with Gasteiger partial charge in [-0.1, -0.05) is 4.47 Å². The van der Waals surface area contributed by atoms with Crippen LogP contribution in [0.2, 0.25) is 0 Å². The molecule has 0 aliphatic carbocycles. The number of hydroxylamine groups is 1. The van der Waals surface area contributed by atoms with Crippen molar-refractivity contribution in [3.63, 3.8) is 0 Å². The molecule has 1 fully saturated rings. The minimum absolute atomic E-state index is 0.0750. The van der Waals surface area contributed by atoms with E-state index >= 15 is 0 Å². The Labute approximate surface area is 103 Å². The molecular weight excluding hydrogens is 266 g/mol. The van der Waals surface area contributed by atoms with E-state index in [4.69, 9.17) is 10.6 Å². The van der Waals surface area contributed by atoms with Gasteiger partial charge in [-0.2, -0.15) is 0 Å². The average molecular weight is 278 g/mol. The summed E-state index contributed by atoms with van der Waals surface area (Å²) in [5, 5.41) is 0. The lowest BCUT2D eigenvalue weighted by atomic mass is 10.3. The summed E-state index contributed by atoms with van der Waals surface area (Å²) in [6.07, 6.45) is 1.29. The number of nitrogen functional groups attached to an aromatic ring is 1. The molecule has 0 saturated carbocycles. The molecule has 0 unspecified atom stereocenters. The summed E-state index contributed by atoms with van der Waals surface area (Å²) in [5.74, 6) is -2.44. The van der Waals surface area contributed by atoms with Gasteiger partial charge in [0.15, 0.2) is 4.90 Å². The Balaban J connectivity index is 2.47. The van der Waals surface area contributed by atoms with Crippen molar-refractivity contribution >= 4 is 15.7 Å². The molecular formula is C10H12F2N2O3S. The number of nitrogens with two attached hydrogens (primary N) is 1. The lowest BCUT2D eigenvalue weighted by Gasteiger charge is -2.25. The first-order valence-corrected chi connectivity index (χ1v) is 6.77. The molecule has 5 nitrogen and oxygen atoms in total. The number of hydrogen-bond donors (Lipinski definition) is 1. The van der Waals surface area contributed by atoms with Gasteiger partial charge < -0.3 is 5.73 Å². The Morgan fingerprint density at radius 3 is 2.33 bits per heavy atom. The largest absolute Gasteiger partial charge is 0.399 e. The predicted molar refractivity (Wildman–Crippen MR) is 59.8 cm³/mol. The number of hydrogen-bond acceptors (Lipinski definition) is 4. The van der Waals surface area contributed by atoms with Crippen LogP contribution in [0.3, 0.4) is 0 Å². The summed E-state index contributed by atoms with van der Waals surface area (Å²) in [5.41, 5.74) is 5.05. The molecule has 8 heteroatoms. The first-order chi connectivity index (χ1) is 8.43. The summed E-state index contributed by atoms with van der Waals surface area (Å²) in [7, 11) is -4.33. The highest BCUT2D eigenvalue weighted by atomic mass is 32.2. The maximum atomic E-state index is 13.6. The highest BCUT2D eigenvalue weighted by molar-refractivity contribution is 7.89. The van der Waals surface area contributed by atoms with Crippen molar-refractivity contribution in [2.75, 3.05) is 18.9 Å². The summed E-state index contributed by atoms with van der Waals surface area (Å²) in [6, 6.07) is 1.53. The van der Waals surface area contributed by atoms with E-state index in [0.717, 1.165) is 12.1 Å². The molecule has 0 spiro atoms. The molecule has 1 saturated heterocycles. The fraction of sp³-hybridized carbons (Fsp3) is 0.400. The maximum absolute atomic E-state index is 13.6. The van der Waals surface area contributed by atoms with Crippen LogP contribution in [0.4, 0.5) is 14.5 Å². The molecule has 0 aromatic heterocycles. The maximum Gasteiger partial charge on any atom is 0.270 e. The van der Waals surface area contributed by atoms with Crippen LogP contribution in [-0.2, 0) is 14.9 Å². The molecule has 2 N–H and O–H groups in total. The lowest BCUT2D eigenvalue weighted by molar-refractivity contribution is -0.109. The third kappa shape index (κ3) is 2.31. The van der Waals surface area contributed by atoms with E-state index < -0.39 is 26.6 Å². The highest BCUT2D eigenvalue weighted by Crippen LogP contribution is 2.26. The number of rotatable bonds is 2. The van der Waals surface area contributed by atoms with Gasteiger partial charge in [0, 0.05) is 12.2 Å². The fourth-order valence-corrected chi connectivity index (χ4v) is 3.09. The van der Waals surface area contributed by atoms with E-state index in [1.807, 2.05) is 0 Å². The van der Waals surface area contributed by atoms with Crippen molar-refractivity contribution < 1.29 is 22.0 Å². The molecule has 1 aliphatic heterocycles. The quantitative estimate of drug-likeness (QED) is 0.827. The molecule has 0 radical (unpaired) electrons. The summed E-state index contributed by atoms with van der Waals surface area (Å²) < 4.78 is 51.8. The molecule has 0 bridgehead atoms. The molecule has 1 aliphatic rings. The number of anilines is 1. The molecule has 1 aromatic rings. The Morgan fingerprint density at radius 2 is 1.83 bits per heavy atom. The average Bonchev–Trinajstić information content (AvgIpc) is 2.28. The Bertz CT molecular complexity index is 533. The van der Waals surface area contributed by atoms with Gasteiger partial charge in [-0.05, 0) is 25.0 Å². The van der Waals surface area contributed by atoms with Gasteiger partial charge in [-0.3, -0.25) is 4.84 Å². The normalized spacial score (nSPS) is 17.9. The van der Waals surface area contributed by atoms with Gasteiger partial charge in [0.2, 0.25) is 0 Å². The molecule has 0 atom stereocenters. The SMILES string of the molecule is Nc1cc(F)c(S(=O)(=O)N2CCCCO2)c(F)c1. The molecule has 18 heavy (non-hydrogen) atoms. The van der Waals surface area contributed by atoms with Gasteiger partial charge >= 0.3 is 0 Å². The minimum Gasteiger partial charge on any atom is -0.399 e. The van der Waals surface area contributed by atoms with Crippen LogP contribution in [-0.4, -0.2) is 26.0 Å². The van der Waals surface area contributed by atoms with Crippen molar-refractivity contribution in [1.82, 2.24) is 4.47 Å². The second-order valence-corrected chi connectivity index (χ2v) is 5.65. The van der Waals surface area contributed by atoms with Gasteiger partial charge in [0.1, 0.15) is 11.6 Å². The monoisotopic (exact) mass is 278 g/mol. The zero-order valence-corrected chi connectivity index (χ0v) is 10.2. The molecule has 0 amide bonds. The second-order valence-electron chi connectivity index (χ2n) is 3.89. The van der Waals surface area contributed by atoms with Gasteiger partial charge in [0.25, 0.3) is 10.0 Å². The third-order valence-corrected chi connectivity index (χ3v) is 4.25. The van der Waals surface area contributed by atoms with Crippen LogP contribution in [0.5, 0.6) is 0 Å².